The number of carbonyl (C=O) groups excluding carboxylic acids is 3. The maximum Gasteiger partial charge on any atom is 0.306 e. The summed E-state index contributed by atoms with van der Waals surface area (Å²) in [5.74, 6) is -0.869. The fourth-order valence-electron chi connectivity index (χ4n) is 10.1. The van der Waals surface area contributed by atoms with Crippen LogP contribution in [0.15, 0.2) is 48.6 Å². The van der Waals surface area contributed by atoms with Crippen LogP contribution in [0.3, 0.4) is 0 Å². The molecule has 0 aliphatic rings. The second-order valence-electron chi connectivity index (χ2n) is 23.1. The highest BCUT2D eigenvalue weighted by Gasteiger charge is 2.19. The number of carbonyl (C=O) groups is 3. The summed E-state index contributed by atoms with van der Waals surface area (Å²) in [7, 11) is 0. The summed E-state index contributed by atoms with van der Waals surface area (Å²) >= 11 is 0. The van der Waals surface area contributed by atoms with Gasteiger partial charge in [0.2, 0.25) is 0 Å². The van der Waals surface area contributed by atoms with Crippen LogP contribution in [0.1, 0.15) is 367 Å². The van der Waals surface area contributed by atoms with Crippen molar-refractivity contribution in [1.82, 2.24) is 0 Å². The van der Waals surface area contributed by atoms with Crippen molar-refractivity contribution in [1.29, 1.82) is 0 Å². The Morgan fingerprint density at radius 2 is 0.481 bits per heavy atom. The van der Waals surface area contributed by atoms with Gasteiger partial charge in [0, 0.05) is 19.3 Å². The van der Waals surface area contributed by atoms with Crippen molar-refractivity contribution in [2.45, 2.75) is 374 Å². The topological polar surface area (TPSA) is 78.9 Å². The number of hydrogen-bond acceptors (Lipinski definition) is 6. The van der Waals surface area contributed by atoms with Crippen molar-refractivity contribution < 1.29 is 28.6 Å². The summed E-state index contributed by atoms with van der Waals surface area (Å²) in [5, 5.41) is 0. The molecule has 6 nitrogen and oxygen atoms in total. The first-order valence-corrected chi connectivity index (χ1v) is 34.1. The van der Waals surface area contributed by atoms with Gasteiger partial charge in [-0.3, -0.25) is 14.4 Å². The highest BCUT2D eigenvalue weighted by molar-refractivity contribution is 5.71. The molecule has 0 fully saturated rings. The largest absolute Gasteiger partial charge is 0.462 e. The van der Waals surface area contributed by atoms with Gasteiger partial charge >= 0.3 is 17.9 Å². The first kappa shape index (κ1) is 74.4. The molecule has 0 aliphatic heterocycles. The quantitative estimate of drug-likeness (QED) is 0.0261. The minimum Gasteiger partial charge on any atom is -0.462 e. The molecule has 6 heteroatoms. The first-order chi connectivity index (χ1) is 38.0. The van der Waals surface area contributed by atoms with Gasteiger partial charge in [-0.05, 0) is 77.0 Å². The zero-order valence-electron chi connectivity index (χ0n) is 51.7. The second-order valence-corrected chi connectivity index (χ2v) is 23.1. The molecule has 0 aromatic rings. The van der Waals surface area contributed by atoms with Crippen LogP contribution in [-0.4, -0.2) is 37.2 Å². The zero-order valence-corrected chi connectivity index (χ0v) is 51.7. The molecule has 0 radical (unpaired) electrons. The number of allylic oxidation sites excluding steroid dienone is 8. The van der Waals surface area contributed by atoms with E-state index in [9.17, 15) is 14.4 Å². The normalized spacial score (nSPS) is 12.3. The number of ether oxygens (including phenoxy) is 3. The SMILES string of the molecule is CCCC/C=C\C/C=C\CCCCCCCC(=O)OC(COC(=O)CCCCCCCCCCCC)COC(=O)CCCCCCCCCCCCCCCCCCCCCCCCC/C=C\C/C=C\CCCCCCC. The monoisotopic (exact) mass is 1080 g/mol. The van der Waals surface area contributed by atoms with E-state index in [0.717, 1.165) is 89.9 Å². The number of unbranched alkanes of at least 4 members (excludes halogenated alkanes) is 44. The van der Waals surface area contributed by atoms with E-state index in [0.29, 0.717) is 19.3 Å². The van der Waals surface area contributed by atoms with E-state index in [-0.39, 0.29) is 31.1 Å². The molecule has 450 valence electrons. The molecule has 0 aromatic heterocycles. The lowest BCUT2D eigenvalue weighted by molar-refractivity contribution is -0.167. The van der Waals surface area contributed by atoms with Crippen LogP contribution in [0.2, 0.25) is 0 Å². The molecular formula is C71H130O6. The molecular weight excluding hydrogens is 949 g/mol. The molecule has 77 heavy (non-hydrogen) atoms. The summed E-state index contributed by atoms with van der Waals surface area (Å²) < 4.78 is 16.9. The van der Waals surface area contributed by atoms with E-state index in [1.807, 2.05) is 0 Å². The molecule has 0 bridgehead atoms. The van der Waals surface area contributed by atoms with Gasteiger partial charge in [-0.25, -0.2) is 0 Å². The summed E-state index contributed by atoms with van der Waals surface area (Å²) in [6, 6.07) is 0. The lowest BCUT2D eigenvalue weighted by atomic mass is 10.0. The lowest BCUT2D eigenvalue weighted by Crippen LogP contribution is -2.30. The van der Waals surface area contributed by atoms with Gasteiger partial charge in [0.25, 0.3) is 0 Å². The predicted molar refractivity (Wildman–Crippen MR) is 335 cm³/mol. The Bertz CT molecular complexity index is 1330. The van der Waals surface area contributed by atoms with Crippen molar-refractivity contribution >= 4 is 17.9 Å². The van der Waals surface area contributed by atoms with E-state index in [4.69, 9.17) is 14.2 Å². The first-order valence-electron chi connectivity index (χ1n) is 34.1. The van der Waals surface area contributed by atoms with Crippen molar-refractivity contribution in [2.75, 3.05) is 13.2 Å². The number of esters is 3. The molecule has 1 atom stereocenters. The summed E-state index contributed by atoms with van der Waals surface area (Å²) in [6.45, 7) is 6.61. The third-order valence-electron chi connectivity index (χ3n) is 15.3. The Morgan fingerprint density at radius 1 is 0.260 bits per heavy atom. The fourth-order valence-corrected chi connectivity index (χ4v) is 10.1. The maximum atomic E-state index is 12.8. The molecule has 1 unspecified atom stereocenters. The molecule has 0 rings (SSSR count). The van der Waals surface area contributed by atoms with Gasteiger partial charge in [0.15, 0.2) is 6.10 Å². The van der Waals surface area contributed by atoms with E-state index in [1.54, 1.807) is 0 Å². The Hall–Kier alpha value is -2.63. The summed E-state index contributed by atoms with van der Waals surface area (Å²) in [5.41, 5.74) is 0. The average Bonchev–Trinajstić information content (AvgIpc) is 3.43. The lowest BCUT2D eigenvalue weighted by Gasteiger charge is -2.18. The molecule has 0 heterocycles. The molecule has 0 aromatic carbocycles. The van der Waals surface area contributed by atoms with E-state index < -0.39 is 6.10 Å². The van der Waals surface area contributed by atoms with Crippen LogP contribution >= 0.6 is 0 Å². The zero-order chi connectivity index (χ0) is 55.7. The van der Waals surface area contributed by atoms with Gasteiger partial charge in [0.1, 0.15) is 13.2 Å². The van der Waals surface area contributed by atoms with E-state index in [1.165, 1.54) is 238 Å². The predicted octanol–water partition coefficient (Wildman–Crippen LogP) is 23.3. The van der Waals surface area contributed by atoms with E-state index >= 15 is 0 Å². The van der Waals surface area contributed by atoms with Crippen LogP contribution in [0, 0.1) is 0 Å². The number of hydrogen-bond donors (Lipinski definition) is 0. The van der Waals surface area contributed by atoms with Gasteiger partial charge in [-0.1, -0.05) is 320 Å². The van der Waals surface area contributed by atoms with Crippen molar-refractivity contribution in [3.05, 3.63) is 48.6 Å². The van der Waals surface area contributed by atoms with Crippen molar-refractivity contribution in [3.63, 3.8) is 0 Å². The minimum absolute atomic E-state index is 0.0737. The highest BCUT2D eigenvalue weighted by Crippen LogP contribution is 2.18. The molecule has 0 saturated heterocycles. The Kier molecular flexibility index (Phi) is 63.6. The third-order valence-corrected chi connectivity index (χ3v) is 15.3. The molecule has 0 aliphatic carbocycles. The van der Waals surface area contributed by atoms with Crippen LogP contribution in [-0.2, 0) is 28.6 Å². The van der Waals surface area contributed by atoms with Gasteiger partial charge in [-0.15, -0.1) is 0 Å². The standard InChI is InChI=1S/C71H130O6/c1-4-7-10-13-16-19-22-24-26-27-28-29-30-31-32-33-34-35-36-37-38-39-40-41-42-43-44-45-46-48-49-52-55-58-61-64-70(73)76-67-68(66-75-69(72)63-60-57-54-51-21-18-15-12-9-6-3)77-71(74)65-62-59-56-53-50-47-25-23-20-17-14-11-8-5-2/h14,17,22-25,27-28,68H,4-13,15-16,18-21,26,29-67H2,1-3H3/b17-14-,24-22-,25-23-,28-27-. The summed E-state index contributed by atoms with van der Waals surface area (Å²) in [6.07, 6.45) is 83.1. The maximum absolute atomic E-state index is 12.8. The highest BCUT2D eigenvalue weighted by atomic mass is 16.6. The van der Waals surface area contributed by atoms with E-state index in [2.05, 4.69) is 69.4 Å². The molecule has 0 saturated carbocycles. The van der Waals surface area contributed by atoms with Crippen LogP contribution in [0.4, 0.5) is 0 Å². The second kappa shape index (κ2) is 65.9. The molecule has 0 spiro atoms. The average molecular weight is 1080 g/mol. The van der Waals surface area contributed by atoms with Crippen molar-refractivity contribution in [2.24, 2.45) is 0 Å². The summed E-state index contributed by atoms with van der Waals surface area (Å²) in [4.78, 5) is 38.2. The van der Waals surface area contributed by atoms with Crippen molar-refractivity contribution in [3.8, 4) is 0 Å². The number of rotatable bonds is 63. The smallest absolute Gasteiger partial charge is 0.306 e. The third kappa shape index (κ3) is 64.1. The van der Waals surface area contributed by atoms with Crippen LogP contribution < -0.4 is 0 Å². The Morgan fingerprint density at radius 3 is 0.753 bits per heavy atom. The van der Waals surface area contributed by atoms with Crippen LogP contribution in [0.25, 0.3) is 0 Å². The molecule has 0 amide bonds. The van der Waals surface area contributed by atoms with Gasteiger partial charge in [0.05, 0.1) is 0 Å². The van der Waals surface area contributed by atoms with Crippen LogP contribution in [0.5, 0.6) is 0 Å². The fraction of sp³-hybridized carbons (Fsp3) is 0.845. The van der Waals surface area contributed by atoms with Gasteiger partial charge in [-0.2, -0.15) is 0 Å². The Balaban J connectivity index is 3.99. The Labute approximate surface area is 479 Å². The van der Waals surface area contributed by atoms with Gasteiger partial charge < -0.3 is 14.2 Å². The minimum atomic E-state index is -0.776. The molecule has 0 N–H and O–H groups in total.